The zero-order valence-corrected chi connectivity index (χ0v) is 10.9. The van der Waals surface area contributed by atoms with Crippen LogP contribution in [0.15, 0.2) is 22.7 Å². The predicted molar refractivity (Wildman–Crippen MR) is 68.4 cm³/mol. The van der Waals surface area contributed by atoms with Crippen molar-refractivity contribution >= 4 is 27.5 Å². The predicted octanol–water partition coefficient (Wildman–Crippen LogP) is 1.01. The second kappa shape index (κ2) is 5.48. The minimum Gasteiger partial charge on any atom is -0.398 e. The molecule has 0 spiro atoms. The number of nitrogens with two attached hydrogens (primary N) is 1. The van der Waals surface area contributed by atoms with Crippen LogP contribution in [-0.4, -0.2) is 37.2 Å². The number of amides is 1. The summed E-state index contributed by atoms with van der Waals surface area (Å²) in [5.74, 6) is -0.183. The topological polar surface area (TPSA) is 67.6 Å². The molecule has 1 aliphatic heterocycles. The first-order valence-corrected chi connectivity index (χ1v) is 6.15. The summed E-state index contributed by atoms with van der Waals surface area (Å²) in [5.41, 5.74) is 9.56. The third-order valence-corrected chi connectivity index (χ3v) is 3.02. The van der Waals surface area contributed by atoms with Gasteiger partial charge in [-0.1, -0.05) is 15.9 Å². The van der Waals surface area contributed by atoms with Gasteiger partial charge in [0.15, 0.2) is 0 Å². The van der Waals surface area contributed by atoms with E-state index < -0.39 is 0 Å². The molecule has 2 rings (SSSR count). The first-order valence-electron chi connectivity index (χ1n) is 5.35. The molecular formula is C11H14BrN3O2. The van der Waals surface area contributed by atoms with Crippen LogP contribution in [0.5, 0.6) is 0 Å². The Morgan fingerprint density at radius 2 is 2.12 bits per heavy atom. The molecule has 1 saturated heterocycles. The average molecular weight is 300 g/mol. The number of hydrogen-bond donors (Lipinski definition) is 2. The number of anilines is 1. The number of ether oxygens (including phenoxy) is 1. The second-order valence-electron chi connectivity index (χ2n) is 3.77. The van der Waals surface area contributed by atoms with Gasteiger partial charge in [-0.05, 0) is 18.2 Å². The van der Waals surface area contributed by atoms with Gasteiger partial charge in [0, 0.05) is 23.2 Å². The minimum atomic E-state index is -0.183. The Labute approximate surface area is 108 Å². The Morgan fingerprint density at radius 1 is 1.41 bits per heavy atom. The van der Waals surface area contributed by atoms with Gasteiger partial charge in [0.1, 0.15) is 0 Å². The molecule has 17 heavy (non-hydrogen) atoms. The van der Waals surface area contributed by atoms with Crippen molar-refractivity contribution in [3.8, 4) is 0 Å². The Kier molecular flexibility index (Phi) is 3.98. The van der Waals surface area contributed by atoms with E-state index in [0.717, 1.165) is 4.47 Å². The second-order valence-corrected chi connectivity index (χ2v) is 4.69. The van der Waals surface area contributed by atoms with Gasteiger partial charge in [0.05, 0.1) is 18.8 Å². The zero-order valence-electron chi connectivity index (χ0n) is 9.28. The average Bonchev–Trinajstić information content (AvgIpc) is 2.30. The summed E-state index contributed by atoms with van der Waals surface area (Å²) in [4.78, 5) is 12.0. The van der Waals surface area contributed by atoms with Gasteiger partial charge in [-0.25, -0.2) is 5.01 Å². The number of carbonyl (C=O) groups excluding carboxylic acids is 1. The quantitative estimate of drug-likeness (QED) is 0.800. The molecule has 0 aromatic heterocycles. The molecule has 3 N–H and O–H groups in total. The normalized spacial score (nSPS) is 16.8. The Hall–Kier alpha value is -1.11. The van der Waals surface area contributed by atoms with E-state index in [1.807, 2.05) is 5.01 Å². The monoisotopic (exact) mass is 299 g/mol. The van der Waals surface area contributed by atoms with Gasteiger partial charge >= 0.3 is 0 Å². The number of carbonyl (C=O) groups is 1. The Balaban J connectivity index is 2.03. The number of nitrogens with zero attached hydrogens (tertiary/aromatic N) is 1. The van der Waals surface area contributed by atoms with Crippen molar-refractivity contribution in [2.45, 2.75) is 0 Å². The highest BCUT2D eigenvalue weighted by Crippen LogP contribution is 2.18. The molecule has 5 nitrogen and oxygen atoms in total. The van der Waals surface area contributed by atoms with Gasteiger partial charge in [0.25, 0.3) is 5.91 Å². The van der Waals surface area contributed by atoms with Gasteiger partial charge in [0.2, 0.25) is 0 Å². The number of hydrazine groups is 1. The summed E-state index contributed by atoms with van der Waals surface area (Å²) in [6.45, 7) is 2.66. The van der Waals surface area contributed by atoms with E-state index in [-0.39, 0.29) is 5.91 Å². The Bertz CT molecular complexity index is 419. The van der Waals surface area contributed by atoms with Crippen LogP contribution in [0.2, 0.25) is 0 Å². The molecule has 1 amide bonds. The van der Waals surface area contributed by atoms with E-state index in [1.54, 1.807) is 18.2 Å². The van der Waals surface area contributed by atoms with Crippen molar-refractivity contribution in [1.82, 2.24) is 10.4 Å². The van der Waals surface area contributed by atoms with Gasteiger partial charge < -0.3 is 10.5 Å². The van der Waals surface area contributed by atoms with Crippen LogP contribution in [0.1, 0.15) is 10.4 Å². The largest absolute Gasteiger partial charge is 0.398 e. The molecule has 0 saturated carbocycles. The zero-order chi connectivity index (χ0) is 12.3. The van der Waals surface area contributed by atoms with Gasteiger partial charge in [-0.3, -0.25) is 10.2 Å². The number of benzene rings is 1. The van der Waals surface area contributed by atoms with Gasteiger partial charge in [-0.15, -0.1) is 0 Å². The number of hydrogen-bond acceptors (Lipinski definition) is 4. The number of nitrogens with one attached hydrogen (secondary N) is 1. The Morgan fingerprint density at radius 3 is 2.76 bits per heavy atom. The van der Waals surface area contributed by atoms with E-state index in [9.17, 15) is 4.79 Å². The molecular weight excluding hydrogens is 286 g/mol. The molecule has 0 unspecified atom stereocenters. The molecule has 1 aliphatic rings. The van der Waals surface area contributed by atoms with E-state index in [1.165, 1.54) is 0 Å². The number of morpholine rings is 1. The lowest BCUT2D eigenvalue weighted by Gasteiger charge is -2.27. The lowest BCUT2D eigenvalue weighted by Crippen LogP contribution is -2.48. The van der Waals surface area contributed by atoms with Crippen molar-refractivity contribution < 1.29 is 9.53 Å². The van der Waals surface area contributed by atoms with Crippen molar-refractivity contribution in [1.29, 1.82) is 0 Å². The molecule has 0 aliphatic carbocycles. The van der Waals surface area contributed by atoms with Crippen LogP contribution < -0.4 is 11.2 Å². The fraction of sp³-hybridized carbons (Fsp3) is 0.364. The first kappa shape index (κ1) is 12.3. The van der Waals surface area contributed by atoms with Crippen LogP contribution >= 0.6 is 15.9 Å². The molecule has 92 valence electrons. The maximum absolute atomic E-state index is 12.0. The fourth-order valence-corrected chi connectivity index (χ4v) is 2.00. The standard InChI is InChI=1S/C11H14BrN3O2/c12-8-1-2-9(10(13)7-8)11(16)14-15-3-5-17-6-4-15/h1-2,7H,3-6,13H2,(H,14,16). The molecule has 0 bridgehead atoms. The molecule has 0 radical (unpaired) electrons. The third kappa shape index (κ3) is 3.18. The van der Waals surface area contributed by atoms with E-state index in [2.05, 4.69) is 21.4 Å². The van der Waals surface area contributed by atoms with Crippen molar-refractivity contribution in [3.05, 3.63) is 28.2 Å². The molecule has 1 aromatic carbocycles. The summed E-state index contributed by atoms with van der Waals surface area (Å²) in [5, 5.41) is 1.84. The first-order chi connectivity index (χ1) is 8.16. The smallest absolute Gasteiger partial charge is 0.267 e. The number of nitrogen functional groups attached to an aromatic ring is 1. The molecule has 6 heteroatoms. The fourth-order valence-electron chi connectivity index (χ4n) is 1.62. The lowest BCUT2D eigenvalue weighted by molar-refractivity contribution is 0.0126. The van der Waals surface area contributed by atoms with Crippen LogP contribution in [0.3, 0.4) is 0 Å². The molecule has 1 aromatic rings. The van der Waals surface area contributed by atoms with Crippen molar-refractivity contribution in [2.75, 3.05) is 32.0 Å². The van der Waals surface area contributed by atoms with E-state index in [0.29, 0.717) is 37.6 Å². The summed E-state index contributed by atoms with van der Waals surface area (Å²) in [7, 11) is 0. The third-order valence-electron chi connectivity index (χ3n) is 2.53. The number of halogens is 1. The maximum Gasteiger partial charge on any atom is 0.267 e. The highest BCUT2D eigenvalue weighted by atomic mass is 79.9. The minimum absolute atomic E-state index is 0.183. The summed E-state index contributed by atoms with van der Waals surface area (Å²) >= 11 is 3.31. The maximum atomic E-state index is 12.0. The number of rotatable bonds is 2. The van der Waals surface area contributed by atoms with Crippen molar-refractivity contribution in [3.63, 3.8) is 0 Å². The summed E-state index contributed by atoms with van der Waals surface area (Å²) in [6.07, 6.45) is 0. The summed E-state index contributed by atoms with van der Waals surface area (Å²) < 4.78 is 6.06. The van der Waals surface area contributed by atoms with E-state index >= 15 is 0 Å². The molecule has 0 atom stereocenters. The highest BCUT2D eigenvalue weighted by molar-refractivity contribution is 9.10. The lowest BCUT2D eigenvalue weighted by atomic mass is 10.2. The summed E-state index contributed by atoms with van der Waals surface area (Å²) in [6, 6.07) is 5.22. The molecule has 1 fully saturated rings. The van der Waals surface area contributed by atoms with Crippen LogP contribution in [-0.2, 0) is 4.74 Å². The highest BCUT2D eigenvalue weighted by Gasteiger charge is 2.15. The molecule has 1 heterocycles. The van der Waals surface area contributed by atoms with Crippen LogP contribution in [0.25, 0.3) is 0 Å². The van der Waals surface area contributed by atoms with Crippen LogP contribution in [0.4, 0.5) is 5.69 Å². The van der Waals surface area contributed by atoms with Crippen molar-refractivity contribution in [2.24, 2.45) is 0 Å². The SMILES string of the molecule is Nc1cc(Br)ccc1C(=O)NN1CCOCC1. The van der Waals surface area contributed by atoms with Crippen LogP contribution in [0, 0.1) is 0 Å². The van der Waals surface area contributed by atoms with Gasteiger partial charge in [-0.2, -0.15) is 0 Å². The van der Waals surface area contributed by atoms with E-state index in [4.69, 9.17) is 10.5 Å².